The second kappa shape index (κ2) is 12.4. The van der Waals surface area contributed by atoms with Gasteiger partial charge in [0.15, 0.2) is 0 Å². The van der Waals surface area contributed by atoms with Crippen molar-refractivity contribution in [1.82, 2.24) is 9.29 Å². The van der Waals surface area contributed by atoms with Crippen LogP contribution < -0.4 is 4.90 Å². The van der Waals surface area contributed by atoms with Gasteiger partial charge >= 0.3 is 12.1 Å². The van der Waals surface area contributed by atoms with Crippen LogP contribution in [-0.4, -0.2) is 34.5 Å². The summed E-state index contributed by atoms with van der Waals surface area (Å²) in [7, 11) is 3.85. The minimum absolute atomic E-state index is 0.124. The molecule has 0 aliphatic rings. The Morgan fingerprint density at radius 3 is 2.23 bits per heavy atom. The topological polar surface area (TPSA) is 69.8 Å². The van der Waals surface area contributed by atoms with Gasteiger partial charge in [-0.05, 0) is 60.2 Å². The van der Waals surface area contributed by atoms with Gasteiger partial charge < -0.3 is 14.4 Å². The molecular formula is C34H32F3N3O3S. The van der Waals surface area contributed by atoms with Crippen LogP contribution in [0.25, 0.3) is 21.9 Å². The SMILES string of the molecule is CN(C)c1ncc(SN(Cc2ccc(-c3cccc(C(C)(C)C(=O)O)c3)cc2)Cc2ccc(C(F)(F)F)o2)c2ccccc12. The number of aromatic nitrogens is 1. The van der Waals surface area contributed by atoms with E-state index in [0.29, 0.717) is 12.1 Å². The average Bonchev–Trinajstić information content (AvgIpc) is 3.47. The molecule has 10 heteroatoms. The Labute approximate surface area is 258 Å². The number of alkyl halides is 3. The Hall–Kier alpha value is -4.28. The van der Waals surface area contributed by atoms with Gasteiger partial charge in [0.05, 0.1) is 12.0 Å². The van der Waals surface area contributed by atoms with Crippen molar-refractivity contribution >= 4 is 34.5 Å². The van der Waals surface area contributed by atoms with Crippen molar-refractivity contribution < 1.29 is 27.5 Å². The number of furan rings is 1. The number of anilines is 1. The first kappa shape index (κ1) is 31.2. The van der Waals surface area contributed by atoms with Crippen LogP contribution >= 0.6 is 11.9 Å². The minimum Gasteiger partial charge on any atom is -0.481 e. The van der Waals surface area contributed by atoms with Gasteiger partial charge in [0.1, 0.15) is 11.6 Å². The summed E-state index contributed by atoms with van der Waals surface area (Å²) in [5.41, 5.74) is 2.42. The molecule has 0 saturated heterocycles. The summed E-state index contributed by atoms with van der Waals surface area (Å²) in [6.45, 7) is 3.88. The van der Waals surface area contributed by atoms with Crippen LogP contribution in [0.15, 0.2) is 100 Å². The van der Waals surface area contributed by atoms with Gasteiger partial charge in [-0.3, -0.25) is 4.79 Å². The Bertz CT molecular complexity index is 1780. The van der Waals surface area contributed by atoms with Gasteiger partial charge in [-0.1, -0.05) is 72.8 Å². The van der Waals surface area contributed by atoms with E-state index in [1.165, 1.54) is 18.0 Å². The van der Waals surface area contributed by atoms with Gasteiger partial charge in [0.25, 0.3) is 0 Å². The number of hydrogen-bond acceptors (Lipinski definition) is 6. The van der Waals surface area contributed by atoms with Gasteiger partial charge in [0, 0.05) is 42.5 Å². The molecule has 3 aromatic carbocycles. The first-order valence-corrected chi connectivity index (χ1v) is 14.7. The van der Waals surface area contributed by atoms with Crippen LogP contribution in [0.2, 0.25) is 0 Å². The van der Waals surface area contributed by atoms with Crippen LogP contribution in [0.3, 0.4) is 0 Å². The molecule has 1 N–H and O–H groups in total. The van der Waals surface area contributed by atoms with E-state index in [1.54, 1.807) is 20.0 Å². The zero-order valence-electron chi connectivity index (χ0n) is 24.7. The molecular weight excluding hydrogens is 587 g/mol. The van der Waals surface area contributed by atoms with Crippen molar-refractivity contribution in [1.29, 1.82) is 0 Å². The minimum atomic E-state index is -4.56. The predicted molar refractivity (Wildman–Crippen MR) is 167 cm³/mol. The first-order chi connectivity index (χ1) is 20.8. The Morgan fingerprint density at radius 2 is 1.59 bits per heavy atom. The number of pyridine rings is 1. The summed E-state index contributed by atoms with van der Waals surface area (Å²) in [4.78, 5) is 19.2. The van der Waals surface area contributed by atoms with E-state index in [2.05, 4.69) is 4.98 Å². The maximum absolute atomic E-state index is 13.3. The number of fused-ring (bicyclic) bond motifs is 1. The Morgan fingerprint density at radius 1 is 0.886 bits per heavy atom. The van der Waals surface area contributed by atoms with E-state index in [9.17, 15) is 23.1 Å². The number of rotatable bonds is 10. The van der Waals surface area contributed by atoms with Crippen LogP contribution in [-0.2, 0) is 29.5 Å². The molecule has 0 bridgehead atoms. The molecule has 5 rings (SSSR count). The standard InChI is InChI=1S/C34H32F3N3O3S/c1-33(2,32(41)42)25-9-7-8-24(18-25)23-14-12-22(13-15-23)20-40(21-26-16-17-30(43-26)34(35,36)37)44-29-19-38-31(39(3)4)28-11-6-5-10-27(28)29/h5-19H,20-21H2,1-4H3,(H,41,42). The number of aliphatic carboxylic acids is 1. The lowest BCUT2D eigenvalue weighted by molar-refractivity contribution is -0.153. The molecule has 2 aromatic heterocycles. The average molecular weight is 620 g/mol. The fourth-order valence-corrected chi connectivity index (χ4v) is 5.91. The van der Waals surface area contributed by atoms with Crippen LogP contribution in [0, 0.1) is 0 Å². The van der Waals surface area contributed by atoms with Crippen molar-refractivity contribution in [3.8, 4) is 11.1 Å². The molecule has 2 heterocycles. The number of carboxylic acid groups (broad SMARTS) is 1. The molecule has 0 atom stereocenters. The molecule has 0 fully saturated rings. The maximum Gasteiger partial charge on any atom is 0.449 e. The molecule has 6 nitrogen and oxygen atoms in total. The smallest absolute Gasteiger partial charge is 0.449 e. The van der Waals surface area contributed by atoms with E-state index < -0.39 is 23.3 Å². The van der Waals surface area contributed by atoms with E-state index in [4.69, 9.17) is 4.42 Å². The van der Waals surface area contributed by atoms with Crippen molar-refractivity contribution in [3.05, 3.63) is 114 Å². The third kappa shape index (κ3) is 6.76. The highest BCUT2D eigenvalue weighted by Gasteiger charge is 2.35. The summed E-state index contributed by atoms with van der Waals surface area (Å²) < 4.78 is 46.9. The van der Waals surface area contributed by atoms with Crippen LogP contribution in [0.1, 0.15) is 36.5 Å². The summed E-state index contributed by atoms with van der Waals surface area (Å²) in [5.74, 6) is -0.913. The molecule has 44 heavy (non-hydrogen) atoms. The van der Waals surface area contributed by atoms with Gasteiger partial charge in [-0.25, -0.2) is 9.29 Å². The van der Waals surface area contributed by atoms with Crippen LogP contribution in [0.5, 0.6) is 0 Å². The second-order valence-electron chi connectivity index (χ2n) is 11.2. The molecule has 0 radical (unpaired) electrons. The third-order valence-electron chi connectivity index (χ3n) is 7.43. The summed E-state index contributed by atoms with van der Waals surface area (Å²) in [5, 5.41) is 11.6. The lowest BCUT2D eigenvalue weighted by atomic mass is 9.83. The lowest BCUT2D eigenvalue weighted by Crippen LogP contribution is -2.28. The highest BCUT2D eigenvalue weighted by atomic mass is 32.2. The predicted octanol–water partition coefficient (Wildman–Crippen LogP) is 8.65. The third-order valence-corrected chi connectivity index (χ3v) is 8.47. The number of carbonyl (C=O) groups is 1. The van der Waals surface area contributed by atoms with Crippen molar-refractivity contribution in [3.63, 3.8) is 0 Å². The highest BCUT2D eigenvalue weighted by molar-refractivity contribution is 7.97. The van der Waals surface area contributed by atoms with Gasteiger partial charge in [-0.15, -0.1) is 0 Å². The largest absolute Gasteiger partial charge is 0.481 e. The number of hydrogen-bond donors (Lipinski definition) is 1. The Balaban J connectivity index is 1.44. The molecule has 228 valence electrons. The van der Waals surface area contributed by atoms with Crippen molar-refractivity contribution in [2.24, 2.45) is 0 Å². The quantitative estimate of drug-likeness (QED) is 0.157. The van der Waals surface area contributed by atoms with Crippen molar-refractivity contribution in [2.75, 3.05) is 19.0 Å². The molecule has 0 spiro atoms. The number of halogens is 3. The number of nitrogens with zero attached hydrogens (tertiary/aromatic N) is 3. The molecule has 0 aliphatic heterocycles. The van der Waals surface area contributed by atoms with E-state index >= 15 is 0 Å². The fourth-order valence-electron chi connectivity index (χ4n) is 4.85. The van der Waals surface area contributed by atoms with E-state index in [1.807, 2.05) is 96.1 Å². The fraction of sp³-hybridized carbons (Fsp3) is 0.235. The van der Waals surface area contributed by atoms with E-state index in [0.717, 1.165) is 44.2 Å². The summed E-state index contributed by atoms with van der Waals surface area (Å²) >= 11 is 1.41. The first-order valence-electron chi connectivity index (χ1n) is 13.9. The molecule has 0 aliphatic carbocycles. The monoisotopic (exact) mass is 619 g/mol. The number of carboxylic acids is 1. The molecule has 0 amide bonds. The number of benzene rings is 3. The van der Waals surface area contributed by atoms with Crippen LogP contribution in [0.4, 0.5) is 19.0 Å². The van der Waals surface area contributed by atoms with Gasteiger partial charge in [-0.2, -0.15) is 13.2 Å². The summed E-state index contributed by atoms with van der Waals surface area (Å²) in [6, 6.07) is 25.5. The second-order valence-corrected chi connectivity index (χ2v) is 12.4. The zero-order chi connectivity index (χ0) is 31.6. The zero-order valence-corrected chi connectivity index (χ0v) is 25.5. The van der Waals surface area contributed by atoms with E-state index in [-0.39, 0.29) is 12.3 Å². The maximum atomic E-state index is 13.3. The molecule has 0 saturated carbocycles. The van der Waals surface area contributed by atoms with Crippen molar-refractivity contribution in [2.45, 2.75) is 43.4 Å². The highest BCUT2D eigenvalue weighted by Crippen LogP contribution is 2.37. The lowest BCUT2D eigenvalue weighted by Gasteiger charge is -2.22. The Kier molecular flexibility index (Phi) is 8.76. The normalized spacial score (nSPS) is 12.2. The molecule has 0 unspecified atom stereocenters. The van der Waals surface area contributed by atoms with Gasteiger partial charge in [0.2, 0.25) is 5.76 Å². The molecule has 5 aromatic rings. The summed E-state index contributed by atoms with van der Waals surface area (Å²) in [6.07, 6.45) is -2.78.